The van der Waals surface area contributed by atoms with E-state index < -0.39 is 47.6 Å². The van der Waals surface area contributed by atoms with Crippen LogP contribution in [0.4, 0.5) is 0 Å². The first kappa shape index (κ1) is 19.8. The summed E-state index contributed by atoms with van der Waals surface area (Å²) in [6, 6.07) is 0. The third-order valence-electron chi connectivity index (χ3n) is 5.63. The Morgan fingerprint density at radius 2 is 2.04 bits per heavy atom. The summed E-state index contributed by atoms with van der Waals surface area (Å²) in [5.74, 6) is -3.29. The summed E-state index contributed by atoms with van der Waals surface area (Å²) in [5, 5.41) is 10.9. The second kappa shape index (κ2) is 6.58. The van der Waals surface area contributed by atoms with E-state index in [-0.39, 0.29) is 30.4 Å². The largest absolute Gasteiger partial charge is 0.458 e. The SMILES string of the molecule is C=C1C[C@H](OC(=O)C(=C)C)[C@H]2C(=C)C(=O)O[C@@H]2[C@H]2O[C@@](O)(C1)C[C@@]2(C)OC. The highest BCUT2D eigenvalue weighted by Crippen LogP contribution is 2.50. The van der Waals surface area contributed by atoms with E-state index in [1.54, 1.807) is 13.8 Å². The maximum absolute atomic E-state index is 12.3. The fourth-order valence-electron chi connectivity index (χ4n) is 4.28. The maximum atomic E-state index is 12.3. The Morgan fingerprint density at radius 3 is 2.63 bits per heavy atom. The van der Waals surface area contributed by atoms with Gasteiger partial charge >= 0.3 is 11.9 Å². The minimum atomic E-state index is -1.50. The molecular formula is C20H26O7. The van der Waals surface area contributed by atoms with Crippen molar-refractivity contribution in [2.75, 3.05) is 7.11 Å². The number of carbonyl (C=O) groups excluding carboxylic acids is 2. The third kappa shape index (κ3) is 3.35. The average molecular weight is 378 g/mol. The van der Waals surface area contributed by atoms with Crippen molar-refractivity contribution in [2.45, 2.75) is 62.8 Å². The molecule has 1 N–H and O–H groups in total. The van der Waals surface area contributed by atoms with Crippen molar-refractivity contribution in [3.8, 4) is 0 Å². The monoisotopic (exact) mass is 378 g/mol. The molecule has 0 unspecified atom stereocenters. The molecule has 0 amide bonds. The van der Waals surface area contributed by atoms with Crippen molar-refractivity contribution in [1.82, 2.24) is 0 Å². The van der Waals surface area contributed by atoms with E-state index in [1.807, 2.05) is 0 Å². The molecule has 3 saturated heterocycles. The van der Waals surface area contributed by atoms with Crippen LogP contribution >= 0.6 is 0 Å². The molecule has 0 radical (unpaired) electrons. The molecule has 0 aliphatic carbocycles. The van der Waals surface area contributed by atoms with E-state index in [4.69, 9.17) is 18.9 Å². The Labute approximate surface area is 158 Å². The Balaban J connectivity index is 2.06. The number of aliphatic hydroxyl groups is 1. The average Bonchev–Trinajstić information content (AvgIpc) is 3.01. The summed E-state index contributed by atoms with van der Waals surface area (Å²) in [6.45, 7) is 14.8. The lowest BCUT2D eigenvalue weighted by molar-refractivity contribution is -0.217. The van der Waals surface area contributed by atoms with Crippen molar-refractivity contribution in [3.05, 3.63) is 36.5 Å². The van der Waals surface area contributed by atoms with Gasteiger partial charge in [0.2, 0.25) is 0 Å². The summed E-state index contributed by atoms with van der Waals surface area (Å²) in [5.41, 5.74) is 0.171. The van der Waals surface area contributed by atoms with Crippen LogP contribution < -0.4 is 0 Å². The van der Waals surface area contributed by atoms with Gasteiger partial charge in [-0.1, -0.05) is 25.3 Å². The normalized spacial score (nSPS) is 41.3. The van der Waals surface area contributed by atoms with Gasteiger partial charge in [0.25, 0.3) is 0 Å². The van der Waals surface area contributed by atoms with Crippen LogP contribution in [0, 0.1) is 5.92 Å². The molecule has 3 aliphatic rings. The summed E-state index contributed by atoms with van der Waals surface area (Å²) in [6.07, 6.45) is -1.70. The van der Waals surface area contributed by atoms with E-state index in [0.29, 0.717) is 5.57 Å². The fourth-order valence-corrected chi connectivity index (χ4v) is 4.28. The quantitative estimate of drug-likeness (QED) is 0.455. The molecule has 0 saturated carbocycles. The number of hydrogen-bond acceptors (Lipinski definition) is 7. The molecule has 0 spiro atoms. The second-order valence-corrected chi connectivity index (χ2v) is 7.95. The first-order chi connectivity index (χ1) is 12.5. The van der Waals surface area contributed by atoms with E-state index in [0.717, 1.165) is 0 Å². The first-order valence-corrected chi connectivity index (χ1v) is 8.88. The van der Waals surface area contributed by atoms with Crippen molar-refractivity contribution in [3.63, 3.8) is 0 Å². The topological polar surface area (TPSA) is 91.3 Å². The Morgan fingerprint density at radius 1 is 1.37 bits per heavy atom. The first-order valence-electron chi connectivity index (χ1n) is 8.88. The molecule has 27 heavy (non-hydrogen) atoms. The fraction of sp³-hybridized carbons (Fsp3) is 0.600. The number of methoxy groups -OCH3 is 1. The van der Waals surface area contributed by atoms with Crippen LogP contribution in [0.1, 0.15) is 33.1 Å². The molecule has 148 valence electrons. The van der Waals surface area contributed by atoms with Crippen molar-refractivity contribution in [2.24, 2.45) is 5.92 Å². The molecule has 3 fully saturated rings. The van der Waals surface area contributed by atoms with E-state index in [9.17, 15) is 14.7 Å². The highest BCUT2D eigenvalue weighted by atomic mass is 16.7. The Kier molecular flexibility index (Phi) is 4.82. The Hall–Kier alpha value is -1.96. The predicted molar refractivity (Wildman–Crippen MR) is 95.4 cm³/mol. The van der Waals surface area contributed by atoms with Crippen LogP contribution in [0.2, 0.25) is 0 Å². The minimum absolute atomic E-state index is 0.156. The van der Waals surface area contributed by atoms with Gasteiger partial charge in [-0.2, -0.15) is 0 Å². The second-order valence-electron chi connectivity index (χ2n) is 7.95. The number of esters is 2. The smallest absolute Gasteiger partial charge is 0.334 e. The van der Waals surface area contributed by atoms with Crippen LogP contribution in [-0.4, -0.2) is 53.9 Å². The zero-order chi connectivity index (χ0) is 20.1. The molecule has 0 aromatic carbocycles. The van der Waals surface area contributed by atoms with Gasteiger partial charge in [-0.05, 0) is 13.8 Å². The standard InChI is InChI=1S/C20H26O7/c1-10(2)17(21)25-13-7-11(3)8-20(23)9-19(5,24-6)16(27-20)15-14(13)12(4)18(22)26-15/h13-16,23H,1,3-4,7-9H2,2,5-6H3/t13-,14+,15-,16+,19+,20-/m0/s1. The molecule has 0 aromatic rings. The van der Waals surface area contributed by atoms with Gasteiger partial charge in [-0.3, -0.25) is 0 Å². The summed E-state index contributed by atoms with van der Waals surface area (Å²) < 4.78 is 22.8. The third-order valence-corrected chi connectivity index (χ3v) is 5.63. The van der Waals surface area contributed by atoms with Crippen LogP contribution in [0.3, 0.4) is 0 Å². The zero-order valence-electron chi connectivity index (χ0n) is 15.9. The van der Waals surface area contributed by atoms with Gasteiger partial charge in [-0.25, -0.2) is 9.59 Å². The summed E-state index contributed by atoms with van der Waals surface area (Å²) in [7, 11) is 1.52. The molecule has 6 atom stereocenters. The zero-order valence-corrected chi connectivity index (χ0v) is 15.9. The van der Waals surface area contributed by atoms with Gasteiger partial charge < -0.3 is 24.1 Å². The molecule has 0 aromatic heterocycles. The molecule has 7 nitrogen and oxygen atoms in total. The number of hydrogen-bond donors (Lipinski definition) is 1. The molecular weight excluding hydrogens is 352 g/mol. The van der Waals surface area contributed by atoms with Crippen molar-refractivity contribution in [1.29, 1.82) is 0 Å². The van der Waals surface area contributed by atoms with Gasteiger partial charge in [0.15, 0.2) is 5.79 Å². The van der Waals surface area contributed by atoms with E-state index in [2.05, 4.69) is 19.7 Å². The summed E-state index contributed by atoms with van der Waals surface area (Å²) >= 11 is 0. The van der Waals surface area contributed by atoms with Gasteiger partial charge in [0, 0.05) is 37.5 Å². The predicted octanol–water partition coefficient (Wildman–Crippen LogP) is 1.80. The molecule has 3 rings (SSSR count). The molecule has 7 heteroatoms. The van der Waals surface area contributed by atoms with Crippen LogP contribution in [0.25, 0.3) is 0 Å². The van der Waals surface area contributed by atoms with Gasteiger partial charge in [-0.15, -0.1) is 0 Å². The number of rotatable bonds is 3. The van der Waals surface area contributed by atoms with Gasteiger partial charge in [0.1, 0.15) is 23.9 Å². The van der Waals surface area contributed by atoms with Crippen molar-refractivity contribution < 1.29 is 33.6 Å². The lowest BCUT2D eigenvalue weighted by atomic mass is 9.78. The molecule has 3 heterocycles. The highest BCUT2D eigenvalue weighted by Gasteiger charge is 2.62. The minimum Gasteiger partial charge on any atom is -0.458 e. The van der Waals surface area contributed by atoms with Crippen LogP contribution in [0.15, 0.2) is 36.5 Å². The lowest BCUT2D eigenvalue weighted by Crippen LogP contribution is -2.49. The van der Waals surface area contributed by atoms with Crippen molar-refractivity contribution >= 4 is 11.9 Å². The van der Waals surface area contributed by atoms with E-state index >= 15 is 0 Å². The maximum Gasteiger partial charge on any atom is 0.334 e. The molecule has 3 aliphatic heterocycles. The van der Waals surface area contributed by atoms with Crippen LogP contribution in [0.5, 0.6) is 0 Å². The Bertz CT molecular complexity index is 726. The van der Waals surface area contributed by atoms with Crippen LogP contribution in [-0.2, 0) is 28.5 Å². The molecule has 2 bridgehead atoms. The number of ether oxygens (including phenoxy) is 4. The van der Waals surface area contributed by atoms with E-state index in [1.165, 1.54) is 7.11 Å². The number of carbonyl (C=O) groups is 2. The lowest BCUT2D eigenvalue weighted by Gasteiger charge is -2.35. The number of fused-ring (bicyclic) bond motifs is 4. The summed E-state index contributed by atoms with van der Waals surface area (Å²) in [4.78, 5) is 24.5. The van der Waals surface area contributed by atoms with Gasteiger partial charge in [0.05, 0.1) is 5.92 Å². The highest BCUT2D eigenvalue weighted by molar-refractivity contribution is 5.91.